The molecule has 8 nitrogen and oxygen atoms in total. The largest absolute Gasteiger partial charge is 0.356 e. The molecule has 1 aromatic heterocycles. The van der Waals surface area contributed by atoms with Gasteiger partial charge in [-0.2, -0.15) is 5.10 Å². The van der Waals surface area contributed by atoms with E-state index in [4.69, 9.17) is 11.6 Å². The van der Waals surface area contributed by atoms with Crippen LogP contribution in [0.5, 0.6) is 0 Å². The first kappa shape index (κ1) is 22.2. The standard InChI is InChI=1S/C16H22ClN7O.HI/c1-18-16(20-10-14-21-11-22-24(14)2)19-9-3-4-15(25)23-13-7-5-12(17)6-8-13;/h5-8,11H,3-4,9-10H2,1-2H3,(H,23,25)(H2,18,19,20);1H. The molecule has 10 heteroatoms. The summed E-state index contributed by atoms with van der Waals surface area (Å²) in [4.78, 5) is 20.2. The first-order valence-corrected chi connectivity index (χ1v) is 8.29. The molecule has 0 saturated carbocycles. The van der Waals surface area contributed by atoms with E-state index in [1.54, 1.807) is 36.0 Å². The van der Waals surface area contributed by atoms with Gasteiger partial charge in [-0.25, -0.2) is 4.98 Å². The van der Waals surface area contributed by atoms with Gasteiger partial charge in [-0.15, -0.1) is 24.0 Å². The Balaban J connectivity index is 0.00000338. The van der Waals surface area contributed by atoms with Crippen molar-refractivity contribution in [3.63, 3.8) is 0 Å². The fourth-order valence-corrected chi connectivity index (χ4v) is 2.20. The Hall–Kier alpha value is -1.88. The molecule has 142 valence electrons. The maximum atomic E-state index is 11.9. The van der Waals surface area contributed by atoms with Gasteiger partial charge in [0.25, 0.3) is 0 Å². The van der Waals surface area contributed by atoms with Crippen LogP contribution in [-0.2, 0) is 18.4 Å². The zero-order chi connectivity index (χ0) is 18.1. The Morgan fingerprint density at radius 2 is 2.00 bits per heavy atom. The highest BCUT2D eigenvalue weighted by Gasteiger charge is 2.04. The van der Waals surface area contributed by atoms with Crippen LogP contribution in [0.4, 0.5) is 5.69 Å². The molecular formula is C16H23ClIN7O. The fraction of sp³-hybridized carbons (Fsp3) is 0.375. The third-order valence-corrected chi connectivity index (χ3v) is 3.70. The second-order valence-corrected chi connectivity index (χ2v) is 5.75. The number of halogens is 2. The topological polar surface area (TPSA) is 96.2 Å². The van der Waals surface area contributed by atoms with E-state index in [2.05, 4.69) is 31.0 Å². The summed E-state index contributed by atoms with van der Waals surface area (Å²) in [6, 6.07) is 7.03. The van der Waals surface area contributed by atoms with Gasteiger partial charge in [-0.3, -0.25) is 14.5 Å². The summed E-state index contributed by atoms with van der Waals surface area (Å²) in [5.41, 5.74) is 0.739. The first-order chi connectivity index (χ1) is 12.1. The van der Waals surface area contributed by atoms with Crippen LogP contribution in [-0.4, -0.2) is 40.2 Å². The zero-order valence-electron chi connectivity index (χ0n) is 14.7. The predicted octanol–water partition coefficient (Wildman–Crippen LogP) is 2.17. The van der Waals surface area contributed by atoms with E-state index in [0.29, 0.717) is 36.9 Å². The van der Waals surface area contributed by atoms with Crippen LogP contribution in [0.3, 0.4) is 0 Å². The minimum Gasteiger partial charge on any atom is -0.356 e. The molecule has 0 bridgehead atoms. The lowest BCUT2D eigenvalue weighted by atomic mass is 10.2. The fourth-order valence-electron chi connectivity index (χ4n) is 2.08. The van der Waals surface area contributed by atoms with E-state index in [1.807, 2.05) is 7.05 Å². The van der Waals surface area contributed by atoms with E-state index < -0.39 is 0 Å². The summed E-state index contributed by atoms with van der Waals surface area (Å²) in [5, 5.41) is 13.8. The second-order valence-electron chi connectivity index (χ2n) is 5.31. The van der Waals surface area contributed by atoms with Crippen molar-refractivity contribution in [2.45, 2.75) is 19.4 Å². The average Bonchev–Trinajstić information content (AvgIpc) is 3.01. The molecule has 1 aromatic carbocycles. The van der Waals surface area contributed by atoms with Crippen LogP contribution in [0.15, 0.2) is 35.6 Å². The minimum atomic E-state index is -0.0360. The summed E-state index contributed by atoms with van der Waals surface area (Å²) in [7, 11) is 3.53. The number of guanidine groups is 1. The number of rotatable bonds is 7. The first-order valence-electron chi connectivity index (χ1n) is 7.91. The third kappa shape index (κ3) is 7.56. The number of aromatic nitrogens is 3. The quantitative estimate of drug-likeness (QED) is 0.239. The average molecular weight is 492 g/mol. The Morgan fingerprint density at radius 3 is 2.62 bits per heavy atom. The number of carbonyl (C=O) groups is 1. The number of hydrogen-bond donors (Lipinski definition) is 3. The maximum Gasteiger partial charge on any atom is 0.224 e. The Bertz CT molecular complexity index is 718. The van der Waals surface area contributed by atoms with Crippen LogP contribution in [0.25, 0.3) is 0 Å². The molecule has 26 heavy (non-hydrogen) atoms. The number of nitrogens with zero attached hydrogens (tertiary/aromatic N) is 4. The molecule has 1 amide bonds. The van der Waals surface area contributed by atoms with E-state index in [-0.39, 0.29) is 29.9 Å². The van der Waals surface area contributed by atoms with Gasteiger partial charge in [0.1, 0.15) is 12.2 Å². The number of carbonyl (C=O) groups excluding carboxylic acids is 1. The van der Waals surface area contributed by atoms with Crippen LogP contribution >= 0.6 is 35.6 Å². The van der Waals surface area contributed by atoms with Gasteiger partial charge in [0.15, 0.2) is 5.96 Å². The molecular weight excluding hydrogens is 469 g/mol. The van der Waals surface area contributed by atoms with Gasteiger partial charge in [0.05, 0.1) is 6.54 Å². The summed E-state index contributed by atoms with van der Waals surface area (Å²) in [5.74, 6) is 1.43. The highest BCUT2D eigenvalue weighted by molar-refractivity contribution is 14.0. The lowest BCUT2D eigenvalue weighted by Crippen LogP contribution is -2.38. The number of anilines is 1. The molecule has 0 saturated heterocycles. The summed E-state index contributed by atoms with van der Waals surface area (Å²) >= 11 is 5.81. The molecule has 0 fully saturated rings. The molecule has 0 atom stereocenters. The summed E-state index contributed by atoms with van der Waals surface area (Å²) in [6.07, 6.45) is 2.60. The SMILES string of the molecule is CN=C(NCCCC(=O)Nc1ccc(Cl)cc1)NCc1ncnn1C.I. The second kappa shape index (κ2) is 11.7. The van der Waals surface area contributed by atoms with Crippen molar-refractivity contribution >= 4 is 53.1 Å². The van der Waals surface area contributed by atoms with E-state index >= 15 is 0 Å². The smallest absolute Gasteiger partial charge is 0.224 e. The van der Waals surface area contributed by atoms with E-state index in [0.717, 1.165) is 11.5 Å². The summed E-state index contributed by atoms with van der Waals surface area (Å²) < 4.78 is 1.70. The van der Waals surface area contributed by atoms with Crippen molar-refractivity contribution in [1.82, 2.24) is 25.4 Å². The predicted molar refractivity (Wildman–Crippen MR) is 114 cm³/mol. The van der Waals surface area contributed by atoms with Crippen molar-refractivity contribution in [1.29, 1.82) is 0 Å². The van der Waals surface area contributed by atoms with Crippen LogP contribution in [0, 0.1) is 0 Å². The van der Waals surface area contributed by atoms with Crippen molar-refractivity contribution in [2.75, 3.05) is 18.9 Å². The van der Waals surface area contributed by atoms with Crippen molar-refractivity contribution in [3.8, 4) is 0 Å². The number of nitrogens with one attached hydrogen (secondary N) is 3. The summed E-state index contributed by atoms with van der Waals surface area (Å²) in [6.45, 7) is 1.15. The van der Waals surface area contributed by atoms with Gasteiger partial charge in [-0.05, 0) is 30.7 Å². The Labute approximate surface area is 174 Å². The van der Waals surface area contributed by atoms with Crippen molar-refractivity contribution in [3.05, 3.63) is 41.4 Å². The molecule has 0 aliphatic rings. The molecule has 0 aliphatic heterocycles. The molecule has 0 aliphatic carbocycles. The Kier molecular flexibility index (Phi) is 9.96. The van der Waals surface area contributed by atoms with Gasteiger partial charge < -0.3 is 16.0 Å². The highest BCUT2D eigenvalue weighted by atomic mass is 127. The molecule has 3 N–H and O–H groups in total. The lowest BCUT2D eigenvalue weighted by molar-refractivity contribution is -0.116. The normalized spacial score (nSPS) is 10.8. The van der Waals surface area contributed by atoms with Crippen molar-refractivity contribution < 1.29 is 4.79 Å². The monoisotopic (exact) mass is 491 g/mol. The van der Waals surface area contributed by atoms with Crippen LogP contribution < -0.4 is 16.0 Å². The number of aliphatic imine (C=N–C) groups is 1. The lowest BCUT2D eigenvalue weighted by Gasteiger charge is -2.11. The van der Waals surface area contributed by atoms with E-state index in [9.17, 15) is 4.79 Å². The molecule has 2 rings (SSSR count). The molecule has 0 spiro atoms. The number of hydrogen-bond acceptors (Lipinski definition) is 4. The van der Waals surface area contributed by atoms with E-state index in [1.165, 1.54) is 6.33 Å². The molecule has 0 radical (unpaired) electrons. The zero-order valence-corrected chi connectivity index (χ0v) is 17.8. The molecule has 0 unspecified atom stereocenters. The minimum absolute atomic E-state index is 0. The Morgan fingerprint density at radius 1 is 1.27 bits per heavy atom. The van der Waals surface area contributed by atoms with Crippen LogP contribution in [0.1, 0.15) is 18.7 Å². The number of benzene rings is 1. The third-order valence-electron chi connectivity index (χ3n) is 3.44. The van der Waals surface area contributed by atoms with Crippen molar-refractivity contribution in [2.24, 2.45) is 12.0 Å². The van der Waals surface area contributed by atoms with Gasteiger partial charge >= 0.3 is 0 Å². The van der Waals surface area contributed by atoms with Gasteiger partial charge in [0.2, 0.25) is 5.91 Å². The van der Waals surface area contributed by atoms with Crippen LogP contribution in [0.2, 0.25) is 5.02 Å². The van der Waals surface area contributed by atoms with Gasteiger partial charge in [-0.1, -0.05) is 11.6 Å². The number of aryl methyl sites for hydroxylation is 1. The maximum absolute atomic E-state index is 11.9. The van der Waals surface area contributed by atoms with Gasteiger partial charge in [0, 0.05) is 37.8 Å². The molecule has 2 aromatic rings. The number of amides is 1. The highest BCUT2D eigenvalue weighted by Crippen LogP contribution is 2.13. The molecule has 1 heterocycles.